The zero-order valence-electron chi connectivity index (χ0n) is 19.0. The molecule has 5 N–H and O–H groups in total. The molecular weight excluding hydrogens is 416 g/mol. The van der Waals surface area contributed by atoms with Crippen molar-refractivity contribution in [3.63, 3.8) is 0 Å². The highest BCUT2D eigenvalue weighted by Gasteiger charge is 2.63. The predicted molar refractivity (Wildman–Crippen MR) is 120 cm³/mol. The van der Waals surface area contributed by atoms with Gasteiger partial charge in [0.1, 0.15) is 11.7 Å². The molecule has 0 unspecified atom stereocenters. The summed E-state index contributed by atoms with van der Waals surface area (Å²) in [5.74, 6) is 0.813. The maximum Gasteiger partial charge on any atom is 0.113 e. The van der Waals surface area contributed by atoms with Crippen molar-refractivity contribution in [3.05, 3.63) is 33.9 Å². The Kier molecular flexibility index (Phi) is 5.81. The molecule has 5 nitrogen and oxygen atoms in total. The molecule has 4 rings (SSSR count). The molecule has 174 valence electrons. The van der Waals surface area contributed by atoms with Gasteiger partial charge in [0.2, 0.25) is 0 Å². The largest absolute Gasteiger partial charge is 0.393 e. The number of halogens is 1. The lowest BCUT2D eigenvalue weighted by Crippen LogP contribution is -2.53. The third-order valence-corrected chi connectivity index (χ3v) is 9.23. The van der Waals surface area contributed by atoms with Crippen LogP contribution in [0.5, 0.6) is 0 Å². The molecule has 31 heavy (non-hydrogen) atoms. The van der Waals surface area contributed by atoms with Gasteiger partial charge in [-0.2, -0.15) is 0 Å². The number of allylic oxidation sites excluding steroid dienone is 5. The van der Waals surface area contributed by atoms with Crippen molar-refractivity contribution in [2.75, 3.05) is 6.61 Å². The van der Waals surface area contributed by atoms with Gasteiger partial charge in [-0.15, -0.1) is 0 Å². The molecule has 0 aromatic rings. The summed E-state index contributed by atoms with van der Waals surface area (Å²) in [6, 6.07) is 0. The molecule has 4 aliphatic rings. The van der Waals surface area contributed by atoms with Crippen molar-refractivity contribution >= 4 is 11.6 Å². The molecule has 4 aliphatic carbocycles. The van der Waals surface area contributed by atoms with Crippen molar-refractivity contribution in [1.29, 1.82) is 0 Å². The van der Waals surface area contributed by atoms with Gasteiger partial charge >= 0.3 is 0 Å². The van der Waals surface area contributed by atoms with E-state index in [1.54, 1.807) is 5.54 Å². The van der Waals surface area contributed by atoms with Crippen molar-refractivity contribution in [2.45, 2.75) is 83.7 Å². The lowest BCUT2D eigenvalue weighted by Gasteiger charge is -2.50. The van der Waals surface area contributed by atoms with Crippen LogP contribution in [0, 0.1) is 28.6 Å². The van der Waals surface area contributed by atoms with Gasteiger partial charge in [-0.05, 0) is 84.5 Å². The third kappa shape index (κ3) is 3.39. The lowest BCUT2D eigenvalue weighted by molar-refractivity contribution is -0.151. The fourth-order valence-electron chi connectivity index (χ4n) is 7.48. The van der Waals surface area contributed by atoms with Gasteiger partial charge in [-0.3, -0.25) is 0 Å². The van der Waals surface area contributed by atoms with Gasteiger partial charge in [0.15, 0.2) is 0 Å². The Morgan fingerprint density at radius 2 is 2.00 bits per heavy atom. The Morgan fingerprint density at radius 3 is 2.61 bits per heavy atom. The van der Waals surface area contributed by atoms with Crippen molar-refractivity contribution < 1.29 is 25.5 Å². The van der Waals surface area contributed by atoms with E-state index in [1.807, 2.05) is 6.92 Å². The summed E-state index contributed by atoms with van der Waals surface area (Å²) >= 11 is 6.17. The fraction of sp³-hybridized carbons (Fsp3) is 0.760. The number of aliphatic hydroxyl groups excluding tert-OH is 4. The zero-order valence-corrected chi connectivity index (χ0v) is 19.7. The Morgan fingerprint density at radius 1 is 1.32 bits per heavy atom. The summed E-state index contributed by atoms with van der Waals surface area (Å²) in [5, 5.41) is 52.3. The molecule has 9 atom stereocenters. The van der Waals surface area contributed by atoms with Crippen LogP contribution in [0.15, 0.2) is 33.9 Å². The van der Waals surface area contributed by atoms with E-state index in [4.69, 9.17) is 11.6 Å². The summed E-state index contributed by atoms with van der Waals surface area (Å²) in [6.07, 6.45) is 2.62. The molecular formula is C25H37ClO5. The second-order valence-corrected chi connectivity index (χ2v) is 11.5. The molecule has 0 heterocycles. The van der Waals surface area contributed by atoms with Gasteiger partial charge in [0.25, 0.3) is 0 Å². The first-order valence-corrected chi connectivity index (χ1v) is 12.0. The molecule has 1 saturated carbocycles. The first-order valence-electron chi connectivity index (χ1n) is 11.5. The van der Waals surface area contributed by atoms with Crippen molar-refractivity contribution in [3.8, 4) is 0 Å². The second-order valence-electron chi connectivity index (χ2n) is 11.3. The Bertz CT molecular complexity index is 845. The molecule has 6 heteroatoms. The predicted octanol–water partition coefficient (Wildman–Crippen LogP) is 3.04. The molecule has 0 bridgehead atoms. The summed E-state index contributed by atoms with van der Waals surface area (Å²) in [7, 11) is 0. The average Bonchev–Trinajstić information content (AvgIpc) is 3.13. The molecule has 0 aromatic heterocycles. The highest BCUT2D eigenvalue weighted by Crippen LogP contribution is 2.68. The minimum Gasteiger partial charge on any atom is -0.393 e. The zero-order chi connectivity index (χ0) is 22.9. The Balaban J connectivity index is 1.75. The highest BCUT2D eigenvalue weighted by molar-refractivity contribution is 6.26. The maximum absolute atomic E-state index is 11.3. The molecule has 0 radical (unpaired) electrons. The quantitative estimate of drug-likeness (QED) is 0.441. The molecule has 0 aromatic carbocycles. The number of rotatable bonds is 5. The lowest BCUT2D eigenvalue weighted by atomic mass is 9.54. The van der Waals surface area contributed by atoms with Crippen LogP contribution in [0.25, 0.3) is 0 Å². The van der Waals surface area contributed by atoms with Gasteiger partial charge in [-0.25, -0.2) is 0 Å². The van der Waals surface area contributed by atoms with Crippen molar-refractivity contribution in [2.24, 2.45) is 28.6 Å². The molecule has 0 amide bonds. The van der Waals surface area contributed by atoms with E-state index < -0.39 is 35.9 Å². The first kappa shape index (κ1) is 23.5. The fourth-order valence-corrected chi connectivity index (χ4v) is 7.72. The van der Waals surface area contributed by atoms with Gasteiger partial charge in [0.05, 0.1) is 18.8 Å². The van der Waals surface area contributed by atoms with Crippen LogP contribution in [-0.2, 0) is 0 Å². The number of fused-ring (bicyclic) bond motifs is 2. The highest BCUT2D eigenvalue weighted by atomic mass is 35.5. The van der Waals surface area contributed by atoms with Crippen LogP contribution >= 0.6 is 11.6 Å². The normalized spacial score (nSPS) is 44.6. The van der Waals surface area contributed by atoms with Gasteiger partial charge in [0, 0.05) is 11.0 Å². The van der Waals surface area contributed by atoms with Crippen LogP contribution in [0.4, 0.5) is 0 Å². The van der Waals surface area contributed by atoms with Crippen LogP contribution in [0.3, 0.4) is 0 Å². The summed E-state index contributed by atoms with van der Waals surface area (Å²) in [6.45, 7) is 7.16. The number of hydrogen-bond donors (Lipinski definition) is 5. The molecule has 0 spiro atoms. The number of aliphatic hydroxyl groups is 5. The van der Waals surface area contributed by atoms with Crippen LogP contribution < -0.4 is 0 Å². The van der Waals surface area contributed by atoms with Crippen molar-refractivity contribution in [1.82, 2.24) is 0 Å². The third-order valence-electron chi connectivity index (χ3n) is 8.97. The van der Waals surface area contributed by atoms with E-state index in [1.165, 1.54) is 29.2 Å². The topological polar surface area (TPSA) is 101 Å². The van der Waals surface area contributed by atoms with Gasteiger partial charge in [-0.1, -0.05) is 38.4 Å². The molecule has 0 saturated heterocycles. The SMILES string of the molecule is C[C@H]1CC2=C3C1=C[C@@]1(C)C[C@H](O)[C@](C)(C[C@H](O)[C@H](O)[C@@](C)(O)CO)[C@H]1[C@@H]3CCC2=CCl. The first-order chi connectivity index (χ1) is 14.4. The van der Waals surface area contributed by atoms with Gasteiger partial charge < -0.3 is 25.5 Å². The minimum absolute atomic E-state index is 0.104. The molecule has 1 fully saturated rings. The average molecular weight is 453 g/mol. The van der Waals surface area contributed by atoms with E-state index in [2.05, 4.69) is 19.9 Å². The molecule has 0 aliphatic heterocycles. The van der Waals surface area contributed by atoms with E-state index in [0.29, 0.717) is 12.3 Å². The van der Waals surface area contributed by atoms with E-state index in [9.17, 15) is 25.5 Å². The van der Waals surface area contributed by atoms with E-state index >= 15 is 0 Å². The smallest absolute Gasteiger partial charge is 0.113 e. The van der Waals surface area contributed by atoms with E-state index in [-0.39, 0.29) is 23.7 Å². The van der Waals surface area contributed by atoms with Crippen LogP contribution in [-0.4, -0.2) is 56.1 Å². The Hall–Kier alpha value is -0.690. The summed E-state index contributed by atoms with van der Waals surface area (Å²) in [4.78, 5) is 0. The standard InChI is InChI=1S/C25H37ClO5/c1-13-7-16-14(11-26)5-6-15-20(16)17(13)8-23(2)10-19(29)24(3,21(15)23)9-18(28)22(30)25(4,31)12-27/h8,11,13,15,18-19,21-22,27-31H,5-7,9-10,12H2,1-4H3/t13-,15+,18-,19-,21-,22-,23-,24-,25-/m0/s1. The maximum atomic E-state index is 11.3. The summed E-state index contributed by atoms with van der Waals surface area (Å²) < 4.78 is 0. The Labute approximate surface area is 190 Å². The van der Waals surface area contributed by atoms with E-state index in [0.717, 1.165) is 19.3 Å². The van der Waals surface area contributed by atoms with Crippen LogP contribution in [0.2, 0.25) is 0 Å². The number of hydrogen-bond acceptors (Lipinski definition) is 5. The minimum atomic E-state index is -1.80. The second kappa shape index (κ2) is 7.68. The van der Waals surface area contributed by atoms with Crippen LogP contribution in [0.1, 0.15) is 59.8 Å². The monoisotopic (exact) mass is 452 g/mol. The summed E-state index contributed by atoms with van der Waals surface area (Å²) in [5.41, 5.74) is 4.46.